The fourth-order valence-corrected chi connectivity index (χ4v) is 1.71. The van der Waals surface area contributed by atoms with Gasteiger partial charge in [0.05, 0.1) is 13.2 Å². The zero-order valence-corrected chi connectivity index (χ0v) is 9.07. The average molecular weight is 211 g/mol. The van der Waals surface area contributed by atoms with Crippen molar-refractivity contribution in [1.29, 1.82) is 0 Å². The maximum atomic E-state index is 11.6. The van der Waals surface area contributed by atoms with Crippen LogP contribution < -0.4 is 0 Å². The lowest BCUT2D eigenvalue weighted by atomic mass is 9.95. The second-order valence-electron chi connectivity index (χ2n) is 3.58. The van der Waals surface area contributed by atoms with Crippen LogP contribution >= 0.6 is 0 Å². The van der Waals surface area contributed by atoms with Crippen LogP contribution in [0, 0.1) is 5.92 Å². The summed E-state index contributed by atoms with van der Waals surface area (Å²) in [5.74, 6) is -0.965. The van der Waals surface area contributed by atoms with Crippen molar-refractivity contribution in [2.45, 2.75) is 13.3 Å². The number of ketones is 1. The number of esters is 1. The Balaban J connectivity index is 2.48. The number of carbonyl (C=O) groups is 2. The minimum Gasteiger partial charge on any atom is -0.465 e. The summed E-state index contributed by atoms with van der Waals surface area (Å²) in [5.41, 5.74) is 0. The van der Waals surface area contributed by atoms with Gasteiger partial charge >= 0.3 is 5.97 Å². The van der Waals surface area contributed by atoms with E-state index < -0.39 is 5.92 Å². The highest BCUT2D eigenvalue weighted by Crippen LogP contribution is 2.15. The van der Waals surface area contributed by atoms with Crippen molar-refractivity contribution in [1.82, 2.24) is 4.90 Å². The van der Waals surface area contributed by atoms with Crippen LogP contribution in [0.5, 0.6) is 0 Å². The summed E-state index contributed by atoms with van der Waals surface area (Å²) in [5, 5.41) is 0. The SMILES string of the molecule is C=CCN1CCC(C(=O)OCC)C(=O)C1. The molecule has 1 unspecified atom stereocenters. The second kappa shape index (κ2) is 5.66. The molecule has 0 N–H and O–H groups in total. The standard InChI is InChI=1S/C11H17NO3/c1-3-6-12-7-5-9(10(13)8-12)11(14)15-4-2/h3,9H,1,4-8H2,2H3. The molecule has 1 rings (SSSR count). The lowest BCUT2D eigenvalue weighted by Gasteiger charge is -2.28. The molecule has 4 heteroatoms. The third kappa shape index (κ3) is 3.16. The van der Waals surface area contributed by atoms with Gasteiger partial charge in [0, 0.05) is 13.1 Å². The number of ether oxygens (including phenoxy) is 1. The van der Waals surface area contributed by atoms with E-state index in [9.17, 15) is 9.59 Å². The van der Waals surface area contributed by atoms with Crippen LogP contribution in [0.2, 0.25) is 0 Å². The second-order valence-corrected chi connectivity index (χ2v) is 3.58. The van der Waals surface area contributed by atoms with Gasteiger partial charge in [0.15, 0.2) is 5.78 Å². The predicted molar refractivity (Wildman–Crippen MR) is 56.4 cm³/mol. The smallest absolute Gasteiger partial charge is 0.316 e. The molecule has 4 nitrogen and oxygen atoms in total. The van der Waals surface area contributed by atoms with Gasteiger partial charge in [-0.25, -0.2) is 0 Å². The lowest BCUT2D eigenvalue weighted by molar-refractivity contribution is -0.153. The van der Waals surface area contributed by atoms with Crippen molar-refractivity contribution in [2.75, 3.05) is 26.2 Å². The molecular formula is C11H17NO3. The van der Waals surface area contributed by atoms with Gasteiger partial charge in [0.1, 0.15) is 5.92 Å². The molecule has 1 aliphatic heterocycles. The molecule has 0 spiro atoms. The number of rotatable bonds is 4. The zero-order valence-electron chi connectivity index (χ0n) is 9.07. The summed E-state index contributed by atoms with van der Waals surface area (Å²) >= 11 is 0. The molecule has 0 aromatic carbocycles. The number of likely N-dealkylation sites (tertiary alicyclic amines) is 1. The van der Waals surface area contributed by atoms with E-state index in [1.807, 2.05) is 4.90 Å². The highest BCUT2D eigenvalue weighted by atomic mass is 16.5. The average Bonchev–Trinajstić information content (AvgIpc) is 2.18. The predicted octanol–water partition coefficient (Wildman–Crippen LogP) is 0.626. The molecule has 0 saturated carbocycles. The van der Waals surface area contributed by atoms with Gasteiger partial charge in [-0.2, -0.15) is 0 Å². The van der Waals surface area contributed by atoms with E-state index in [-0.39, 0.29) is 11.8 Å². The quantitative estimate of drug-likeness (QED) is 0.388. The first-order chi connectivity index (χ1) is 7.19. The van der Waals surface area contributed by atoms with E-state index in [1.165, 1.54) is 0 Å². The van der Waals surface area contributed by atoms with E-state index in [1.54, 1.807) is 13.0 Å². The van der Waals surface area contributed by atoms with Crippen molar-refractivity contribution in [3.8, 4) is 0 Å². The first-order valence-corrected chi connectivity index (χ1v) is 5.21. The number of nitrogens with zero attached hydrogens (tertiary/aromatic N) is 1. The highest BCUT2D eigenvalue weighted by molar-refractivity contribution is 6.00. The number of hydrogen-bond acceptors (Lipinski definition) is 4. The largest absolute Gasteiger partial charge is 0.465 e. The molecule has 1 fully saturated rings. The Morgan fingerprint density at radius 2 is 2.47 bits per heavy atom. The van der Waals surface area contributed by atoms with Crippen LogP contribution in [-0.4, -0.2) is 42.9 Å². The van der Waals surface area contributed by atoms with Crippen LogP contribution in [-0.2, 0) is 14.3 Å². The summed E-state index contributed by atoms with van der Waals surface area (Å²) in [6.45, 7) is 7.47. The molecule has 0 aromatic heterocycles. The van der Waals surface area contributed by atoms with Crippen molar-refractivity contribution < 1.29 is 14.3 Å². The van der Waals surface area contributed by atoms with Gasteiger partial charge in [0.2, 0.25) is 0 Å². The first kappa shape index (κ1) is 11.9. The lowest BCUT2D eigenvalue weighted by Crippen LogP contribution is -2.44. The van der Waals surface area contributed by atoms with Gasteiger partial charge in [-0.3, -0.25) is 14.5 Å². The molecule has 15 heavy (non-hydrogen) atoms. The van der Waals surface area contributed by atoms with Crippen molar-refractivity contribution in [3.63, 3.8) is 0 Å². The van der Waals surface area contributed by atoms with E-state index in [0.717, 1.165) is 6.54 Å². The molecular weight excluding hydrogens is 194 g/mol. The molecule has 0 bridgehead atoms. The summed E-state index contributed by atoms with van der Waals surface area (Å²) in [7, 11) is 0. The highest BCUT2D eigenvalue weighted by Gasteiger charge is 2.32. The maximum absolute atomic E-state index is 11.6. The number of Topliss-reactive ketones (excluding diaryl/α,β-unsaturated/α-hetero) is 1. The molecule has 1 saturated heterocycles. The molecule has 1 heterocycles. The van der Waals surface area contributed by atoms with Crippen molar-refractivity contribution in [2.24, 2.45) is 5.92 Å². The Morgan fingerprint density at radius 3 is 3.00 bits per heavy atom. The maximum Gasteiger partial charge on any atom is 0.316 e. The molecule has 0 amide bonds. The number of piperidine rings is 1. The third-order valence-corrected chi connectivity index (χ3v) is 2.46. The number of hydrogen-bond donors (Lipinski definition) is 0. The monoisotopic (exact) mass is 211 g/mol. The molecule has 84 valence electrons. The van der Waals surface area contributed by atoms with Gasteiger partial charge in [0.25, 0.3) is 0 Å². The topological polar surface area (TPSA) is 46.6 Å². The van der Waals surface area contributed by atoms with Gasteiger partial charge in [-0.1, -0.05) is 6.08 Å². The van der Waals surface area contributed by atoms with Crippen LogP contribution in [0.4, 0.5) is 0 Å². The van der Waals surface area contributed by atoms with Gasteiger partial charge in [-0.15, -0.1) is 6.58 Å². The Morgan fingerprint density at radius 1 is 1.73 bits per heavy atom. The van der Waals surface area contributed by atoms with Gasteiger partial charge < -0.3 is 4.74 Å². The van der Waals surface area contributed by atoms with Gasteiger partial charge in [-0.05, 0) is 13.3 Å². The Hall–Kier alpha value is -1.16. The fourth-order valence-electron chi connectivity index (χ4n) is 1.71. The zero-order chi connectivity index (χ0) is 11.3. The Kier molecular flexibility index (Phi) is 4.49. The normalized spacial score (nSPS) is 22.5. The molecule has 1 atom stereocenters. The molecule has 1 aliphatic rings. The molecule has 0 aliphatic carbocycles. The van der Waals surface area contributed by atoms with E-state index in [2.05, 4.69) is 6.58 Å². The van der Waals surface area contributed by atoms with E-state index in [4.69, 9.17) is 4.74 Å². The Labute approximate surface area is 89.9 Å². The summed E-state index contributed by atoms with van der Waals surface area (Å²) in [6.07, 6.45) is 2.32. The summed E-state index contributed by atoms with van der Waals surface area (Å²) in [6, 6.07) is 0. The number of carbonyl (C=O) groups excluding carboxylic acids is 2. The van der Waals surface area contributed by atoms with E-state index in [0.29, 0.717) is 26.1 Å². The minimum atomic E-state index is -0.550. The molecule has 0 aromatic rings. The van der Waals surface area contributed by atoms with Crippen LogP contribution in [0.15, 0.2) is 12.7 Å². The van der Waals surface area contributed by atoms with Crippen LogP contribution in [0.1, 0.15) is 13.3 Å². The van der Waals surface area contributed by atoms with Crippen LogP contribution in [0.25, 0.3) is 0 Å². The first-order valence-electron chi connectivity index (χ1n) is 5.21. The van der Waals surface area contributed by atoms with E-state index >= 15 is 0 Å². The Bertz CT molecular complexity index is 263. The summed E-state index contributed by atoms with van der Waals surface area (Å²) < 4.78 is 4.85. The van der Waals surface area contributed by atoms with Crippen LogP contribution in [0.3, 0.4) is 0 Å². The summed E-state index contributed by atoms with van der Waals surface area (Å²) in [4.78, 5) is 25.0. The van der Waals surface area contributed by atoms with Crippen molar-refractivity contribution >= 4 is 11.8 Å². The minimum absolute atomic E-state index is 0.0402. The molecule has 0 radical (unpaired) electrons. The van der Waals surface area contributed by atoms with Crippen molar-refractivity contribution in [3.05, 3.63) is 12.7 Å². The fraction of sp³-hybridized carbons (Fsp3) is 0.636. The third-order valence-electron chi connectivity index (χ3n) is 2.46.